The molecule has 1 aliphatic heterocycles. The molecule has 0 N–H and O–H groups in total. The zero-order valence-electron chi connectivity index (χ0n) is 18.6. The Morgan fingerprint density at radius 1 is 1.06 bits per heavy atom. The molecule has 0 aliphatic carbocycles. The van der Waals surface area contributed by atoms with Crippen molar-refractivity contribution in [2.24, 2.45) is 0 Å². The number of aromatic nitrogens is 4. The minimum Gasteiger partial charge on any atom is -0.479 e. The summed E-state index contributed by atoms with van der Waals surface area (Å²) in [6.45, 7) is 8.52. The van der Waals surface area contributed by atoms with Crippen molar-refractivity contribution in [3.63, 3.8) is 0 Å². The van der Waals surface area contributed by atoms with Crippen molar-refractivity contribution in [3.05, 3.63) is 54.1 Å². The van der Waals surface area contributed by atoms with Gasteiger partial charge in [-0.2, -0.15) is 5.26 Å². The summed E-state index contributed by atoms with van der Waals surface area (Å²) in [6, 6.07) is 9.58. The maximum Gasteiger partial charge on any atom is 0.243 e. The Morgan fingerprint density at radius 2 is 1.71 bits per heavy atom. The fraction of sp³-hybridized carbons (Fsp3) is 0.417. The summed E-state index contributed by atoms with van der Waals surface area (Å²) in [7, 11) is 1.58. The van der Waals surface area contributed by atoms with Gasteiger partial charge in [-0.1, -0.05) is 0 Å². The Bertz CT molecular complexity index is 1110. The first-order valence-electron chi connectivity index (χ1n) is 10.4. The van der Waals surface area contributed by atoms with Crippen LogP contribution in [0.15, 0.2) is 42.9 Å². The highest BCUT2D eigenvalue weighted by molar-refractivity contribution is 5.60. The second-order valence-corrected chi connectivity index (χ2v) is 9.16. The van der Waals surface area contributed by atoms with Crippen molar-refractivity contribution in [3.8, 4) is 29.2 Å². The average Bonchev–Trinajstić information content (AvgIpc) is 3.17. The average molecular weight is 418 g/mol. The Kier molecular flexibility index (Phi) is 5.28. The number of imidazole rings is 1. The molecule has 0 amide bonds. The predicted octanol–water partition coefficient (Wildman–Crippen LogP) is 4.66. The standard InChI is InChI=1S/C24H27N5O2/c1-23(2)12-17(13-24(3,4)31-23)19-15-29(18-8-6-16(14-25)7-9-18)21(28-19)20-22(30-5)27-11-10-26-20/h6-11,15,17H,12-13H2,1-5H3. The van der Waals surface area contributed by atoms with E-state index in [0.717, 1.165) is 24.2 Å². The lowest BCUT2D eigenvalue weighted by Gasteiger charge is -2.45. The van der Waals surface area contributed by atoms with Crippen molar-refractivity contribution in [2.45, 2.75) is 57.7 Å². The number of ether oxygens (including phenoxy) is 2. The van der Waals surface area contributed by atoms with Gasteiger partial charge in [0.25, 0.3) is 0 Å². The molecule has 4 rings (SSSR count). The van der Waals surface area contributed by atoms with E-state index in [1.54, 1.807) is 31.6 Å². The summed E-state index contributed by atoms with van der Waals surface area (Å²) >= 11 is 0. The van der Waals surface area contributed by atoms with E-state index in [1.165, 1.54) is 0 Å². The molecule has 1 saturated heterocycles. The summed E-state index contributed by atoms with van der Waals surface area (Å²) in [5.41, 5.74) is 2.58. The minimum absolute atomic E-state index is 0.236. The molecule has 3 heterocycles. The zero-order chi connectivity index (χ0) is 22.2. The second kappa shape index (κ2) is 7.78. The van der Waals surface area contributed by atoms with Crippen LogP contribution in [0.5, 0.6) is 5.88 Å². The first-order chi connectivity index (χ1) is 14.7. The Hall–Kier alpha value is -3.24. The zero-order valence-corrected chi connectivity index (χ0v) is 18.6. The van der Waals surface area contributed by atoms with Crippen LogP contribution in [0.1, 0.15) is 57.7 Å². The molecule has 1 fully saturated rings. The monoisotopic (exact) mass is 417 g/mol. The summed E-state index contributed by atoms with van der Waals surface area (Å²) in [5, 5.41) is 9.16. The van der Waals surface area contributed by atoms with Gasteiger partial charge in [-0.15, -0.1) is 0 Å². The molecular weight excluding hydrogens is 390 g/mol. The molecule has 3 aromatic rings. The van der Waals surface area contributed by atoms with Crippen LogP contribution in [-0.2, 0) is 4.74 Å². The van der Waals surface area contributed by atoms with Gasteiger partial charge in [0.15, 0.2) is 11.5 Å². The maximum absolute atomic E-state index is 9.16. The van der Waals surface area contributed by atoms with Crippen LogP contribution in [0.4, 0.5) is 0 Å². The molecule has 1 aliphatic rings. The van der Waals surface area contributed by atoms with Gasteiger partial charge in [0.1, 0.15) is 0 Å². The third-order valence-corrected chi connectivity index (χ3v) is 5.52. The minimum atomic E-state index is -0.241. The molecule has 0 radical (unpaired) electrons. The van der Waals surface area contributed by atoms with Crippen LogP contribution in [0.2, 0.25) is 0 Å². The van der Waals surface area contributed by atoms with Gasteiger partial charge in [0.2, 0.25) is 5.88 Å². The van der Waals surface area contributed by atoms with Crippen LogP contribution in [0.25, 0.3) is 17.2 Å². The van der Waals surface area contributed by atoms with E-state index in [9.17, 15) is 0 Å². The summed E-state index contributed by atoms with van der Waals surface area (Å²) in [5.74, 6) is 1.31. The van der Waals surface area contributed by atoms with Crippen molar-refractivity contribution in [1.82, 2.24) is 19.5 Å². The Balaban J connectivity index is 1.85. The van der Waals surface area contributed by atoms with E-state index < -0.39 is 0 Å². The number of hydrogen-bond acceptors (Lipinski definition) is 6. The van der Waals surface area contributed by atoms with Crippen molar-refractivity contribution in [1.29, 1.82) is 5.26 Å². The van der Waals surface area contributed by atoms with Gasteiger partial charge in [0, 0.05) is 30.2 Å². The fourth-order valence-corrected chi connectivity index (χ4v) is 4.58. The summed E-state index contributed by atoms with van der Waals surface area (Å²) < 4.78 is 13.7. The topological polar surface area (TPSA) is 85.9 Å². The van der Waals surface area contributed by atoms with E-state index in [2.05, 4.69) is 49.9 Å². The lowest BCUT2D eigenvalue weighted by Crippen LogP contribution is -2.44. The van der Waals surface area contributed by atoms with E-state index in [4.69, 9.17) is 19.7 Å². The smallest absolute Gasteiger partial charge is 0.243 e. The van der Waals surface area contributed by atoms with Gasteiger partial charge < -0.3 is 9.47 Å². The van der Waals surface area contributed by atoms with Crippen LogP contribution in [0, 0.1) is 11.3 Å². The number of hydrogen-bond donors (Lipinski definition) is 0. The van der Waals surface area contributed by atoms with Gasteiger partial charge in [-0.25, -0.2) is 15.0 Å². The fourth-order valence-electron chi connectivity index (χ4n) is 4.58. The number of nitrogens with zero attached hydrogens (tertiary/aromatic N) is 5. The molecular formula is C24H27N5O2. The van der Waals surface area contributed by atoms with E-state index >= 15 is 0 Å². The summed E-state index contributed by atoms with van der Waals surface area (Å²) in [6.07, 6.45) is 7.04. The quantitative estimate of drug-likeness (QED) is 0.614. The molecule has 0 atom stereocenters. The van der Waals surface area contributed by atoms with Crippen LogP contribution >= 0.6 is 0 Å². The SMILES string of the molecule is COc1nccnc1-c1nc(C2CC(C)(C)OC(C)(C)C2)cn1-c1ccc(C#N)cc1. The van der Waals surface area contributed by atoms with Gasteiger partial charge in [-0.05, 0) is 64.8 Å². The van der Waals surface area contributed by atoms with Crippen LogP contribution < -0.4 is 4.74 Å². The molecule has 160 valence electrons. The number of rotatable bonds is 4. The van der Waals surface area contributed by atoms with Gasteiger partial charge in [-0.3, -0.25) is 4.57 Å². The van der Waals surface area contributed by atoms with Crippen molar-refractivity contribution >= 4 is 0 Å². The van der Waals surface area contributed by atoms with E-state index in [0.29, 0.717) is 23.0 Å². The Labute approximate surface area is 182 Å². The van der Waals surface area contributed by atoms with Crippen molar-refractivity contribution < 1.29 is 9.47 Å². The Morgan fingerprint density at radius 3 is 2.32 bits per heavy atom. The number of methoxy groups -OCH3 is 1. The number of benzene rings is 1. The second-order valence-electron chi connectivity index (χ2n) is 9.16. The normalized spacial score (nSPS) is 17.8. The molecule has 7 nitrogen and oxygen atoms in total. The third-order valence-electron chi connectivity index (χ3n) is 5.52. The molecule has 0 saturated carbocycles. The van der Waals surface area contributed by atoms with Crippen LogP contribution in [-0.4, -0.2) is 37.8 Å². The molecule has 7 heteroatoms. The number of nitriles is 1. The largest absolute Gasteiger partial charge is 0.479 e. The third kappa shape index (κ3) is 4.30. The highest BCUT2D eigenvalue weighted by atomic mass is 16.5. The van der Waals surface area contributed by atoms with Gasteiger partial charge >= 0.3 is 0 Å². The predicted molar refractivity (Wildman–Crippen MR) is 117 cm³/mol. The highest BCUT2D eigenvalue weighted by Crippen LogP contribution is 2.44. The first kappa shape index (κ1) is 21.0. The first-order valence-corrected chi connectivity index (χ1v) is 10.4. The van der Waals surface area contributed by atoms with Crippen molar-refractivity contribution in [2.75, 3.05) is 7.11 Å². The summed E-state index contributed by atoms with van der Waals surface area (Å²) in [4.78, 5) is 13.8. The highest BCUT2D eigenvalue weighted by Gasteiger charge is 2.41. The molecule has 0 spiro atoms. The van der Waals surface area contributed by atoms with Crippen LogP contribution in [0.3, 0.4) is 0 Å². The van der Waals surface area contributed by atoms with E-state index in [-0.39, 0.29) is 17.1 Å². The molecule has 0 unspecified atom stereocenters. The lowest BCUT2D eigenvalue weighted by atomic mass is 9.79. The molecule has 31 heavy (non-hydrogen) atoms. The maximum atomic E-state index is 9.16. The molecule has 2 aromatic heterocycles. The van der Waals surface area contributed by atoms with Gasteiger partial charge in [0.05, 0.1) is 35.6 Å². The van der Waals surface area contributed by atoms with E-state index in [1.807, 2.05) is 16.7 Å². The molecule has 1 aromatic carbocycles. The molecule has 0 bridgehead atoms. The lowest BCUT2D eigenvalue weighted by molar-refractivity contribution is -0.162.